The number of carbonyl (C=O) groups excluding carboxylic acids is 1. The van der Waals surface area contributed by atoms with Crippen molar-refractivity contribution in [2.75, 3.05) is 0 Å². The minimum atomic E-state index is -3.44. The molecule has 3 nitrogen and oxygen atoms in total. The predicted octanol–water partition coefficient (Wildman–Crippen LogP) is 6.43. The fourth-order valence-electron chi connectivity index (χ4n) is 8.05. The van der Waals surface area contributed by atoms with Crippen LogP contribution in [0.4, 0.5) is 0 Å². The molecule has 1 aromatic rings. The number of Topliss-reactive ketones (excluding diaryl/α,β-unsaturated/α-hetero) is 1. The Morgan fingerprint density at radius 3 is 2.41 bits per heavy atom. The molecule has 0 unspecified atom stereocenters. The van der Waals surface area contributed by atoms with Gasteiger partial charge in [0.05, 0.1) is 4.90 Å². The molecule has 2 fully saturated rings. The van der Waals surface area contributed by atoms with Crippen LogP contribution in [-0.2, 0) is 14.6 Å². The Kier molecular flexibility index (Phi) is 5.13. The summed E-state index contributed by atoms with van der Waals surface area (Å²) < 4.78 is 26.6. The minimum Gasteiger partial charge on any atom is -0.300 e. The van der Waals surface area contributed by atoms with Crippen molar-refractivity contribution in [3.63, 3.8) is 0 Å². The van der Waals surface area contributed by atoms with Gasteiger partial charge in [-0.25, -0.2) is 8.42 Å². The van der Waals surface area contributed by atoms with Crippen LogP contribution in [0.2, 0.25) is 0 Å². The summed E-state index contributed by atoms with van der Waals surface area (Å²) in [6, 6.07) is 7.22. The van der Waals surface area contributed by atoms with Crippen LogP contribution in [-0.4, -0.2) is 14.2 Å². The van der Waals surface area contributed by atoms with Crippen LogP contribution in [0, 0.1) is 41.4 Å². The highest BCUT2D eigenvalue weighted by Gasteiger charge is 2.59. The molecule has 4 aliphatic carbocycles. The largest absolute Gasteiger partial charge is 0.300 e. The number of aryl methyl sites for hydroxylation is 1. The number of allylic oxidation sites excluding steroid dienone is 4. The highest BCUT2D eigenvalue weighted by atomic mass is 32.2. The fraction of sp³-hybridized carbons (Fsp3) is 0.607. The molecule has 5 rings (SSSR count). The van der Waals surface area contributed by atoms with Crippen molar-refractivity contribution in [3.8, 4) is 0 Å². The Bertz CT molecular complexity index is 1110. The number of hydrogen-bond donors (Lipinski definition) is 0. The zero-order valence-electron chi connectivity index (χ0n) is 19.9. The van der Waals surface area contributed by atoms with Crippen molar-refractivity contribution in [1.29, 1.82) is 0 Å². The lowest BCUT2D eigenvalue weighted by molar-refractivity contribution is -0.127. The van der Waals surface area contributed by atoms with Gasteiger partial charge in [-0.2, -0.15) is 0 Å². The van der Waals surface area contributed by atoms with Gasteiger partial charge in [0.15, 0.2) is 0 Å². The lowest BCUT2D eigenvalue weighted by Crippen LogP contribution is -2.49. The van der Waals surface area contributed by atoms with Crippen molar-refractivity contribution in [2.45, 2.75) is 77.5 Å². The standard InChI is InChI=1S/C28H36O3S/c1-18-5-8-21(9-6-18)32(30,31)22-13-15-27(3)20(17-22)7-10-23-25-12-11-24(19(2)29)28(25,4)16-14-26(23)27/h5-9,17,23-26H,10-16H2,1-4H3/t23-,24+,25-,26-,27-,28+/m0/s1. The van der Waals surface area contributed by atoms with Crippen molar-refractivity contribution < 1.29 is 13.2 Å². The summed E-state index contributed by atoms with van der Waals surface area (Å²) in [5.41, 5.74) is 2.50. The van der Waals surface area contributed by atoms with Gasteiger partial charge in [-0.15, -0.1) is 0 Å². The number of sulfone groups is 1. The summed E-state index contributed by atoms with van der Waals surface area (Å²) in [4.78, 5) is 13.3. The van der Waals surface area contributed by atoms with Gasteiger partial charge in [-0.05, 0) is 111 Å². The molecule has 0 N–H and O–H groups in total. The highest BCUT2D eigenvalue weighted by Crippen LogP contribution is 2.66. The van der Waals surface area contributed by atoms with Gasteiger partial charge >= 0.3 is 0 Å². The van der Waals surface area contributed by atoms with E-state index in [1.54, 1.807) is 19.1 Å². The SMILES string of the molecule is CC(=O)[C@H]1CC[C@H]2[C@@H]3CC=C4C=C(S(=O)(=O)c5ccc(C)cc5)CC[C@]4(C)[C@H]3CC[C@]12C. The van der Waals surface area contributed by atoms with E-state index in [0.29, 0.717) is 39.8 Å². The normalized spacial score (nSPS) is 38.8. The first-order chi connectivity index (χ1) is 15.1. The van der Waals surface area contributed by atoms with Crippen LogP contribution in [0.15, 0.2) is 51.8 Å². The molecule has 0 spiro atoms. The maximum absolute atomic E-state index is 13.3. The van der Waals surface area contributed by atoms with E-state index in [-0.39, 0.29) is 16.7 Å². The van der Waals surface area contributed by atoms with Crippen LogP contribution in [0.1, 0.15) is 71.3 Å². The van der Waals surface area contributed by atoms with Crippen LogP contribution in [0.5, 0.6) is 0 Å². The first-order valence-corrected chi connectivity index (χ1v) is 13.8. The van der Waals surface area contributed by atoms with E-state index in [9.17, 15) is 13.2 Å². The Hall–Kier alpha value is -1.68. The van der Waals surface area contributed by atoms with Gasteiger partial charge in [0, 0.05) is 10.8 Å². The van der Waals surface area contributed by atoms with Crippen LogP contribution in [0.3, 0.4) is 0 Å². The molecule has 0 saturated heterocycles. The number of carbonyl (C=O) groups is 1. The molecule has 6 atom stereocenters. The quantitative estimate of drug-likeness (QED) is 0.531. The third kappa shape index (κ3) is 3.12. The molecular formula is C28H36O3S. The third-order valence-electron chi connectivity index (χ3n) is 9.90. The smallest absolute Gasteiger partial charge is 0.202 e. The summed E-state index contributed by atoms with van der Waals surface area (Å²) >= 11 is 0. The van der Waals surface area contributed by atoms with Crippen molar-refractivity contribution in [3.05, 3.63) is 52.5 Å². The Morgan fingerprint density at radius 1 is 1.00 bits per heavy atom. The van der Waals surface area contributed by atoms with Gasteiger partial charge < -0.3 is 0 Å². The summed E-state index contributed by atoms with van der Waals surface area (Å²) in [5, 5.41) is 0. The molecule has 172 valence electrons. The summed E-state index contributed by atoms with van der Waals surface area (Å²) in [6.07, 6.45) is 11.4. The molecule has 32 heavy (non-hydrogen) atoms. The van der Waals surface area contributed by atoms with Gasteiger partial charge in [0.1, 0.15) is 5.78 Å². The van der Waals surface area contributed by atoms with Gasteiger partial charge in [0.25, 0.3) is 0 Å². The molecule has 0 radical (unpaired) electrons. The van der Waals surface area contributed by atoms with E-state index in [1.807, 2.05) is 25.1 Å². The Labute approximate surface area is 193 Å². The maximum atomic E-state index is 13.3. The first kappa shape index (κ1) is 22.1. The second-order valence-electron chi connectivity index (χ2n) is 11.4. The van der Waals surface area contributed by atoms with Gasteiger partial charge in [-0.3, -0.25) is 4.79 Å². The van der Waals surface area contributed by atoms with Crippen molar-refractivity contribution in [1.82, 2.24) is 0 Å². The minimum absolute atomic E-state index is 0.0465. The fourth-order valence-corrected chi connectivity index (χ4v) is 9.50. The molecule has 4 heteroatoms. The van der Waals surface area contributed by atoms with E-state index < -0.39 is 9.84 Å². The summed E-state index contributed by atoms with van der Waals surface area (Å²) in [5.74, 6) is 2.43. The number of ketones is 1. The zero-order chi connectivity index (χ0) is 22.9. The van der Waals surface area contributed by atoms with E-state index >= 15 is 0 Å². The summed E-state index contributed by atoms with van der Waals surface area (Å²) in [6.45, 7) is 8.51. The second kappa shape index (κ2) is 7.41. The monoisotopic (exact) mass is 452 g/mol. The summed E-state index contributed by atoms with van der Waals surface area (Å²) in [7, 11) is -3.44. The Morgan fingerprint density at radius 2 is 1.72 bits per heavy atom. The maximum Gasteiger partial charge on any atom is 0.202 e. The molecule has 0 bridgehead atoms. The highest BCUT2D eigenvalue weighted by molar-refractivity contribution is 7.95. The van der Waals surface area contributed by atoms with E-state index in [1.165, 1.54) is 12.0 Å². The molecule has 0 aromatic heterocycles. The zero-order valence-corrected chi connectivity index (χ0v) is 20.7. The van der Waals surface area contributed by atoms with Crippen LogP contribution in [0.25, 0.3) is 0 Å². The molecular weight excluding hydrogens is 416 g/mol. The topological polar surface area (TPSA) is 51.2 Å². The number of benzene rings is 1. The lowest BCUT2D eigenvalue weighted by atomic mass is 9.48. The van der Waals surface area contributed by atoms with Crippen molar-refractivity contribution >= 4 is 15.6 Å². The second-order valence-corrected chi connectivity index (χ2v) is 13.4. The molecule has 4 aliphatic rings. The molecule has 0 aliphatic heterocycles. The number of hydrogen-bond acceptors (Lipinski definition) is 3. The van der Waals surface area contributed by atoms with Gasteiger partial charge in [-0.1, -0.05) is 37.6 Å². The van der Waals surface area contributed by atoms with E-state index in [4.69, 9.17) is 0 Å². The number of fused-ring (bicyclic) bond motifs is 5. The third-order valence-corrected chi connectivity index (χ3v) is 11.8. The molecule has 2 saturated carbocycles. The van der Waals surface area contributed by atoms with E-state index in [2.05, 4.69) is 19.9 Å². The van der Waals surface area contributed by atoms with Crippen LogP contribution < -0.4 is 0 Å². The van der Waals surface area contributed by atoms with E-state index in [0.717, 1.165) is 37.7 Å². The van der Waals surface area contributed by atoms with Crippen LogP contribution >= 0.6 is 0 Å². The van der Waals surface area contributed by atoms with Crippen molar-refractivity contribution in [2.24, 2.45) is 34.5 Å². The molecule has 0 heterocycles. The average molecular weight is 453 g/mol. The predicted molar refractivity (Wildman–Crippen MR) is 128 cm³/mol. The molecule has 1 aromatic carbocycles. The molecule has 0 amide bonds. The average Bonchev–Trinajstić information content (AvgIpc) is 3.11. The lowest BCUT2D eigenvalue weighted by Gasteiger charge is -2.57. The first-order valence-electron chi connectivity index (χ1n) is 12.3. The van der Waals surface area contributed by atoms with Gasteiger partial charge in [0.2, 0.25) is 9.84 Å². The number of rotatable bonds is 3. The Balaban J connectivity index is 1.47.